The summed E-state index contributed by atoms with van der Waals surface area (Å²) in [5.41, 5.74) is 13.7. The van der Waals surface area contributed by atoms with Gasteiger partial charge in [-0.15, -0.1) is 0 Å². The van der Waals surface area contributed by atoms with E-state index in [0.717, 1.165) is 43.0 Å². The van der Waals surface area contributed by atoms with Crippen LogP contribution in [0, 0.1) is 20.8 Å². The first-order valence-electron chi connectivity index (χ1n) is 11.6. The molecule has 4 rings (SSSR count). The van der Waals surface area contributed by atoms with Gasteiger partial charge in [-0.05, 0) is 67.8 Å². The van der Waals surface area contributed by atoms with Crippen molar-refractivity contribution in [2.75, 3.05) is 43.4 Å². The van der Waals surface area contributed by atoms with E-state index in [1.165, 1.54) is 16.7 Å². The number of carbonyl (C=O) groups is 1. The van der Waals surface area contributed by atoms with E-state index in [1.807, 2.05) is 6.07 Å². The molecule has 3 aromatic rings. The summed E-state index contributed by atoms with van der Waals surface area (Å²) in [6.45, 7) is 10.8. The quantitative estimate of drug-likeness (QED) is 0.474. The second kappa shape index (κ2) is 10.1. The maximum atomic E-state index is 12.3. The van der Waals surface area contributed by atoms with Gasteiger partial charge in [0.15, 0.2) is 5.82 Å². The molecule has 1 aliphatic heterocycles. The number of rotatable bonds is 7. The Kier molecular flexibility index (Phi) is 7.14. The van der Waals surface area contributed by atoms with Gasteiger partial charge >= 0.3 is 0 Å². The maximum absolute atomic E-state index is 12.3. The number of hydrogen-bond acceptors (Lipinski definition) is 5. The highest BCUT2D eigenvalue weighted by molar-refractivity contribution is 6.33. The molecule has 8 heteroatoms. The number of likely N-dealkylation sites (N-methyl/N-ethyl adjacent to an activating group) is 1. The van der Waals surface area contributed by atoms with Crippen molar-refractivity contribution in [3.63, 3.8) is 0 Å². The molecule has 0 aliphatic carbocycles. The lowest BCUT2D eigenvalue weighted by molar-refractivity contribution is 0.100. The van der Waals surface area contributed by atoms with E-state index in [1.54, 1.807) is 0 Å². The highest BCUT2D eigenvalue weighted by atomic mass is 35.5. The van der Waals surface area contributed by atoms with Gasteiger partial charge in [0.1, 0.15) is 5.56 Å². The molecule has 180 valence electrons. The Morgan fingerprint density at radius 3 is 2.38 bits per heavy atom. The third-order valence-corrected chi connectivity index (χ3v) is 7.07. The summed E-state index contributed by atoms with van der Waals surface area (Å²) in [7, 11) is 2.13. The van der Waals surface area contributed by atoms with E-state index in [-0.39, 0.29) is 0 Å². The van der Waals surface area contributed by atoms with E-state index < -0.39 is 5.91 Å². The summed E-state index contributed by atoms with van der Waals surface area (Å²) < 4.78 is 0. The fourth-order valence-electron chi connectivity index (χ4n) is 4.48. The third kappa shape index (κ3) is 5.21. The summed E-state index contributed by atoms with van der Waals surface area (Å²) in [5, 5.41) is 11.3. The van der Waals surface area contributed by atoms with Gasteiger partial charge in [0, 0.05) is 39.1 Å². The molecule has 0 radical (unpaired) electrons. The number of aromatic nitrogens is 2. The topological polar surface area (TPSA) is 90.3 Å². The van der Waals surface area contributed by atoms with Crippen LogP contribution >= 0.6 is 11.6 Å². The van der Waals surface area contributed by atoms with Crippen LogP contribution in [-0.2, 0) is 13.0 Å². The van der Waals surface area contributed by atoms with Crippen molar-refractivity contribution in [2.45, 2.75) is 33.7 Å². The van der Waals surface area contributed by atoms with Crippen molar-refractivity contribution in [2.24, 2.45) is 5.73 Å². The number of amides is 1. The molecule has 1 aliphatic rings. The van der Waals surface area contributed by atoms with E-state index >= 15 is 0 Å². The van der Waals surface area contributed by atoms with Gasteiger partial charge in [-0.2, -0.15) is 5.10 Å². The Hall–Kier alpha value is -3.03. The Morgan fingerprint density at radius 2 is 1.76 bits per heavy atom. The summed E-state index contributed by atoms with van der Waals surface area (Å²) in [6, 6.07) is 10.4. The van der Waals surface area contributed by atoms with Crippen molar-refractivity contribution in [1.82, 2.24) is 15.1 Å². The lowest BCUT2D eigenvalue weighted by Gasteiger charge is -2.34. The highest BCUT2D eigenvalue weighted by Gasteiger charge is 2.20. The molecule has 0 unspecified atom stereocenters. The van der Waals surface area contributed by atoms with Crippen LogP contribution in [0.5, 0.6) is 0 Å². The number of hydrogen-bond donors (Lipinski definition) is 3. The molecule has 1 aromatic heterocycles. The zero-order valence-electron chi connectivity index (χ0n) is 20.3. The zero-order chi connectivity index (χ0) is 24.4. The van der Waals surface area contributed by atoms with Gasteiger partial charge in [0.05, 0.1) is 16.4 Å². The molecule has 2 aromatic carbocycles. The van der Waals surface area contributed by atoms with Crippen molar-refractivity contribution in [3.8, 4) is 0 Å². The monoisotopic (exact) mass is 480 g/mol. The first-order valence-corrected chi connectivity index (χ1v) is 12.0. The van der Waals surface area contributed by atoms with Crippen LogP contribution in [0.25, 0.3) is 0 Å². The predicted octanol–water partition coefficient (Wildman–Crippen LogP) is 4.04. The number of nitrogens with two attached hydrogens (primary N) is 1. The summed E-state index contributed by atoms with van der Waals surface area (Å²) in [5.74, 6) is -0.0406. The first kappa shape index (κ1) is 24.1. The molecule has 0 bridgehead atoms. The molecule has 7 nitrogen and oxygen atoms in total. The Morgan fingerprint density at radius 1 is 1.09 bits per heavy atom. The van der Waals surface area contributed by atoms with Gasteiger partial charge in [0.2, 0.25) is 0 Å². The normalized spacial score (nSPS) is 14.4. The summed E-state index contributed by atoms with van der Waals surface area (Å²) in [4.78, 5) is 16.9. The smallest absolute Gasteiger partial charge is 0.254 e. The molecule has 1 fully saturated rings. The third-order valence-electron chi connectivity index (χ3n) is 6.77. The summed E-state index contributed by atoms with van der Waals surface area (Å²) in [6.07, 6.45) is 0.485. The Balaban J connectivity index is 1.50. The molecule has 0 spiro atoms. The van der Waals surface area contributed by atoms with Crippen LogP contribution < -0.4 is 16.0 Å². The van der Waals surface area contributed by atoms with Gasteiger partial charge < -0.3 is 20.9 Å². The lowest BCUT2D eigenvalue weighted by Crippen LogP contribution is -2.44. The minimum atomic E-state index is -0.511. The molecular formula is C26H33ClN6O. The van der Waals surface area contributed by atoms with Gasteiger partial charge in [0.25, 0.3) is 5.91 Å². The molecule has 2 heterocycles. The zero-order valence-corrected chi connectivity index (χ0v) is 21.1. The van der Waals surface area contributed by atoms with Crippen LogP contribution in [0.15, 0.2) is 30.3 Å². The van der Waals surface area contributed by atoms with E-state index in [4.69, 9.17) is 17.3 Å². The minimum absolute atomic E-state index is 0.389. The second-order valence-electron chi connectivity index (χ2n) is 9.25. The largest absolute Gasteiger partial charge is 0.368 e. The van der Waals surface area contributed by atoms with Crippen molar-refractivity contribution in [3.05, 3.63) is 74.4 Å². The van der Waals surface area contributed by atoms with Crippen LogP contribution in [-0.4, -0.2) is 54.2 Å². The maximum Gasteiger partial charge on any atom is 0.254 e. The number of halogens is 1. The molecular weight excluding hydrogens is 448 g/mol. The van der Waals surface area contributed by atoms with Crippen LogP contribution in [0.1, 0.15) is 43.9 Å². The number of primary amides is 1. The SMILES string of the molecule is Cc1cc(CNc2n[nH]c(Cc3ccc(N4CCN(C)CC4)c(Cl)c3)c2C(N)=O)cc(C)c1C. The number of nitrogens with zero attached hydrogens (tertiary/aromatic N) is 3. The fourth-order valence-corrected chi connectivity index (χ4v) is 4.80. The first-order chi connectivity index (χ1) is 16.2. The molecule has 0 atom stereocenters. The number of nitrogens with one attached hydrogen (secondary N) is 2. The standard InChI is InChI=1S/C26H33ClN6O/c1-16-11-20(12-17(2)18(16)3)15-29-26-24(25(28)34)22(30-31-26)14-19-5-6-23(21(27)13-19)33-9-7-32(4)8-10-33/h5-6,11-13H,7-10,14-15H2,1-4H3,(H2,28,34)(H2,29,30,31). The van der Waals surface area contributed by atoms with E-state index in [9.17, 15) is 4.79 Å². The van der Waals surface area contributed by atoms with E-state index in [0.29, 0.717) is 35.1 Å². The predicted molar refractivity (Wildman–Crippen MR) is 139 cm³/mol. The van der Waals surface area contributed by atoms with E-state index in [2.05, 4.69) is 77.4 Å². The summed E-state index contributed by atoms with van der Waals surface area (Å²) >= 11 is 6.64. The molecule has 4 N–H and O–H groups in total. The van der Waals surface area contributed by atoms with Gasteiger partial charge in [-0.1, -0.05) is 29.8 Å². The second-order valence-corrected chi connectivity index (χ2v) is 9.66. The van der Waals surface area contributed by atoms with Gasteiger partial charge in [-0.25, -0.2) is 0 Å². The van der Waals surface area contributed by atoms with Gasteiger partial charge in [-0.3, -0.25) is 9.89 Å². The molecule has 1 amide bonds. The number of aryl methyl sites for hydroxylation is 2. The molecule has 1 saturated heterocycles. The van der Waals surface area contributed by atoms with Crippen LogP contribution in [0.3, 0.4) is 0 Å². The number of H-pyrrole nitrogens is 1. The number of benzene rings is 2. The van der Waals surface area contributed by atoms with Crippen LogP contribution in [0.4, 0.5) is 11.5 Å². The average molecular weight is 481 g/mol. The average Bonchev–Trinajstić information content (AvgIpc) is 3.19. The minimum Gasteiger partial charge on any atom is -0.368 e. The Labute approximate surface area is 206 Å². The highest BCUT2D eigenvalue weighted by Crippen LogP contribution is 2.29. The number of carbonyl (C=O) groups excluding carboxylic acids is 1. The van der Waals surface area contributed by atoms with Crippen LogP contribution in [0.2, 0.25) is 5.02 Å². The number of anilines is 2. The molecule has 34 heavy (non-hydrogen) atoms. The van der Waals surface area contributed by atoms with Crippen molar-refractivity contribution in [1.29, 1.82) is 0 Å². The Bertz CT molecular complexity index is 1170. The fraction of sp³-hybridized carbons (Fsp3) is 0.385. The van der Waals surface area contributed by atoms with Crippen molar-refractivity contribution >= 4 is 29.0 Å². The number of piperazine rings is 1. The van der Waals surface area contributed by atoms with Crippen molar-refractivity contribution < 1.29 is 4.79 Å². The number of aromatic amines is 1. The lowest BCUT2D eigenvalue weighted by atomic mass is 10.0. The molecule has 0 saturated carbocycles.